The van der Waals surface area contributed by atoms with Gasteiger partial charge in [0.15, 0.2) is 0 Å². The number of fused-ring (bicyclic) bond motifs is 2. The number of hydrogen-bond acceptors (Lipinski definition) is 5. The van der Waals surface area contributed by atoms with E-state index >= 15 is 0 Å². The van der Waals surface area contributed by atoms with Crippen LogP contribution >= 0.6 is 22.7 Å². The topological polar surface area (TPSA) is 75.7 Å². The molecule has 35 heavy (non-hydrogen) atoms. The standard InChI is InChI=1S/2C13H9NS.C2H6N2.Ir/c2*1-2-7-12-10(5-1)9-13(15-12)11-6-3-4-8-14-11;1-2(3)4;/h2*1-9H;1H3,(H3,3,4);. The van der Waals surface area contributed by atoms with E-state index in [2.05, 4.69) is 70.6 Å². The van der Waals surface area contributed by atoms with E-state index in [4.69, 9.17) is 11.1 Å². The van der Waals surface area contributed by atoms with Gasteiger partial charge in [0.25, 0.3) is 0 Å². The molecule has 0 aliphatic rings. The fourth-order valence-electron chi connectivity index (χ4n) is 3.23. The van der Waals surface area contributed by atoms with Crippen molar-refractivity contribution in [2.45, 2.75) is 6.92 Å². The van der Waals surface area contributed by atoms with Gasteiger partial charge < -0.3 is 5.73 Å². The Balaban J connectivity index is 0.000000166. The van der Waals surface area contributed by atoms with Crippen molar-refractivity contribution in [2.75, 3.05) is 0 Å². The molecule has 4 heterocycles. The number of nitrogens with one attached hydrogen (secondary N) is 1. The number of thiophene rings is 2. The van der Waals surface area contributed by atoms with E-state index in [0.717, 1.165) is 11.4 Å². The second-order valence-corrected chi connectivity index (χ2v) is 9.58. The van der Waals surface area contributed by atoms with Gasteiger partial charge in [0.05, 0.1) is 27.0 Å². The Morgan fingerprint density at radius 1 is 0.657 bits per heavy atom. The summed E-state index contributed by atoms with van der Waals surface area (Å²) in [7, 11) is 0. The molecule has 0 bridgehead atoms. The van der Waals surface area contributed by atoms with Gasteiger partial charge in [-0.25, -0.2) is 0 Å². The monoisotopic (exact) mass is 673 g/mol. The Labute approximate surface area is 226 Å². The van der Waals surface area contributed by atoms with Gasteiger partial charge in [0, 0.05) is 41.9 Å². The Morgan fingerprint density at radius 3 is 1.37 bits per heavy atom. The van der Waals surface area contributed by atoms with E-state index in [9.17, 15) is 0 Å². The molecule has 0 unspecified atom stereocenters. The molecule has 4 nitrogen and oxygen atoms in total. The SMILES string of the molecule is CC(=N)N.[Ir].c1ccc(-c2cc3ccccc3s2)nc1.c1ccc(-c2cc3ccccc3s2)nc1. The van der Waals surface area contributed by atoms with Crippen molar-refractivity contribution in [3.63, 3.8) is 0 Å². The van der Waals surface area contributed by atoms with E-state index in [1.54, 1.807) is 22.7 Å². The van der Waals surface area contributed by atoms with Gasteiger partial charge in [-0.3, -0.25) is 15.4 Å². The number of amidine groups is 1. The first-order chi connectivity index (χ1) is 16.6. The number of nitrogens with zero attached hydrogens (tertiary/aromatic N) is 2. The minimum absolute atomic E-state index is 0. The molecule has 6 rings (SSSR count). The zero-order valence-corrected chi connectivity index (χ0v) is 23.0. The molecule has 0 saturated heterocycles. The van der Waals surface area contributed by atoms with Crippen molar-refractivity contribution in [1.82, 2.24) is 9.97 Å². The van der Waals surface area contributed by atoms with Crippen LogP contribution in [0.4, 0.5) is 0 Å². The molecule has 0 spiro atoms. The third-order valence-electron chi connectivity index (χ3n) is 4.69. The fraction of sp³-hybridized carbons (Fsp3) is 0.0357. The molecule has 177 valence electrons. The van der Waals surface area contributed by atoms with Crippen LogP contribution in [0, 0.1) is 5.41 Å². The van der Waals surface area contributed by atoms with E-state index in [0.29, 0.717) is 0 Å². The number of rotatable bonds is 2. The van der Waals surface area contributed by atoms with Crippen LogP contribution in [0.15, 0.2) is 109 Å². The van der Waals surface area contributed by atoms with Crippen molar-refractivity contribution < 1.29 is 20.1 Å². The second-order valence-electron chi connectivity index (χ2n) is 7.41. The van der Waals surface area contributed by atoms with Gasteiger partial charge in [-0.05, 0) is 66.2 Å². The Hall–Kier alpha value is -3.22. The molecule has 6 aromatic rings. The van der Waals surface area contributed by atoms with E-state index in [-0.39, 0.29) is 25.9 Å². The summed E-state index contributed by atoms with van der Waals surface area (Å²) in [5, 5.41) is 8.87. The molecule has 0 aliphatic carbocycles. The number of nitrogens with two attached hydrogens (primary N) is 1. The number of benzene rings is 2. The van der Waals surface area contributed by atoms with Crippen LogP contribution in [0.5, 0.6) is 0 Å². The summed E-state index contributed by atoms with van der Waals surface area (Å²) in [4.78, 5) is 11.2. The van der Waals surface area contributed by atoms with Crippen molar-refractivity contribution in [2.24, 2.45) is 5.73 Å². The summed E-state index contributed by atoms with van der Waals surface area (Å²) in [6, 6.07) is 33.2. The molecule has 0 aliphatic heterocycles. The molecular formula is C28H24IrN4S2. The van der Waals surface area contributed by atoms with Crippen molar-refractivity contribution >= 4 is 48.7 Å². The van der Waals surface area contributed by atoms with Gasteiger partial charge in [0.2, 0.25) is 0 Å². The zero-order chi connectivity index (χ0) is 23.8. The first-order valence-corrected chi connectivity index (χ1v) is 12.3. The van der Waals surface area contributed by atoms with Crippen LogP contribution in [0.3, 0.4) is 0 Å². The molecule has 3 N–H and O–H groups in total. The van der Waals surface area contributed by atoms with Crippen LogP contribution in [-0.2, 0) is 20.1 Å². The zero-order valence-electron chi connectivity index (χ0n) is 19.0. The van der Waals surface area contributed by atoms with E-state index in [1.807, 2.05) is 48.8 Å². The quantitative estimate of drug-likeness (QED) is 0.145. The van der Waals surface area contributed by atoms with E-state index in [1.165, 1.54) is 36.9 Å². The van der Waals surface area contributed by atoms with Gasteiger partial charge in [-0.15, -0.1) is 22.7 Å². The van der Waals surface area contributed by atoms with Crippen molar-refractivity contribution in [3.8, 4) is 21.1 Å². The predicted molar refractivity (Wildman–Crippen MR) is 148 cm³/mol. The minimum Gasteiger partial charge on any atom is -0.388 e. The van der Waals surface area contributed by atoms with Gasteiger partial charge >= 0.3 is 0 Å². The first-order valence-electron chi connectivity index (χ1n) is 10.7. The molecule has 0 saturated carbocycles. The minimum atomic E-state index is 0. The van der Waals surface area contributed by atoms with Crippen LogP contribution in [0.1, 0.15) is 6.92 Å². The summed E-state index contributed by atoms with van der Waals surface area (Å²) in [6.45, 7) is 1.53. The van der Waals surface area contributed by atoms with Crippen LogP contribution in [-0.4, -0.2) is 15.8 Å². The number of hydrogen-bond donors (Lipinski definition) is 2. The van der Waals surface area contributed by atoms with Gasteiger partial charge in [-0.1, -0.05) is 48.5 Å². The summed E-state index contributed by atoms with van der Waals surface area (Å²) in [5.74, 6) is 0.167. The predicted octanol–water partition coefficient (Wildman–Crippen LogP) is 7.87. The molecule has 0 atom stereocenters. The average Bonchev–Trinajstić information content (AvgIpc) is 3.50. The molecule has 7 heteroatoms. The second kappa shape index (κ2) is 13.0. The third-order valence-corrected chi connectivity index (χ3v) is 6.96. The summed E-state index contributed by atoms with van der Waals surface area (Å²) < 4.78 is 2.64. The smallest absolute Gasteiger partial charge is 0.0873 e. The van der Waals surface area contributed by atoms with Gasteiger partial charge in [0.1, 0.15) is 0 Å². The normalized spacial score (nSPS) is 9.86. The molecule has 0 fully saturated rings. The largest absolute Gasteiger partial charge is 0.388 e. The summed E-state index contributed by atoms with van der Waals surface area (Å²) in [5.41, 5.74) is 6.80. The van der Waals surface area contributed by atoms with Gasteiger partial charge in [-0.2, -0.15) is 0 Å². The van der Waals surface area contributed by atoms with Crippen molar-refractivity contribution in [1.29, 1.82) is 5.41 Å². The molecule has 2 aromatic carbocycles. The molecule has 1 radical (unpaired) electrons. The summed E-state index contributed by atoms with van der Waals surface area (Å²) in [6.07, 6.45) is 3.67. The average molecular weight is 673 g/mol. The van der Waals surface area contributed by atoms with Crippen LogP contribution < -0.4 is 5.73 Å². The molecular weight excluding hydrogens is 649 g/mol. The maximum atomic E-state index is 6.28. The third kappa shape index (κ3) is 7.38. The maximum Gasteiger partial charge on any atom is 0.0873 e. The van der Waals surface area contributed by atoms with E-state index < -0.39 is 0 Å². The van der Waals surface area contributed by atoms with Crippen molar-refractivity contribution in [3.05, 3.63) is 109 Å². The maximum absolute atomic E-state index is 6.28. The number of pyridine rings is 2. The Bertz CT molecular complexity index is 1320. The summed E-state index contributed by atoms with van der Waals surface area (Å²) >= 11 is 3.58. The Kier molecular flexibility index (Phi) is 9.82. The fourth-order valence-corrected chi connectivity index (χ4v) is 5.31. The van der Waals surface area contributed by atoms with Crippen LogP contribution in [0.2, 0.25) is 0 Å². The molecule has 4 aromatic heterocycles. The Morgan fingerprint density at radius 2 is 1.03 bits per heavy atom. The first kappa shape index (κ1) is 26.4. The number of aromatic nitrogens is 2. The van der Waals surface area contributed by atoms with Crippen LogP contribution in [0.25, 0.3) is 41.3 Å². The molecule has 0 amide bonds.